The number of thioether (sulfide) groups is 1. The summed E-state index contributed by atoms with van der Waals surface area (Å²) < 4.78 is 4.81. The van der Waals surface area contributed by atoms with Crippen LogP contribution in [0.2, 0.25) is 0 Å². The Morgan fingerprint density at radius 2 is 2.36 bits per heavy atom. The highest BCUT2D eigenvalue weighted by atomic mass is 32.2. The first-order valence-electron chi connectivity index (χ1n) is 4.33. The fourth-order valence-corrected chi connectivity index (χ4v) is 1.37. The second kappa shape index (κ2) is 9.26. The molecule has 0 fully saturated rings. The van der Waals surface area contributed by atoms with Crippen LogP contribution < -0.4 is 5.32 Å². The third-order valence-electron chi connectivity index (χ3n) is 1.41. The van der Waals surface area contributed by atoms with Crippen LogP contribution in [0.15, 0.2) is 0 Å². The van der Waals surface area contributed by atoms with Gasteiger partial charge in [-0.05, 0) is 0 Å². The van der Waals surface area contributed by atoms with Crippen molar-refractivity contribution in [3.8, 4) is 0 Å². The van der Waals surface area contributed by atoms with Crippen LogP contribution >= 0.6 is 11.8 Å². The first kappa shape index (κ1) is 13.7. The smallest absolute Gasteiger partial charge is 0.230 e. The summed E-state index contributed by atoms with van der Waals surface area (Å²) in [5.41, 5.74) is 0. The number of methoxy groups -OCH3 is 1. The van der Waals surface area contributed by atoms with E-state index in [0.29, 0.717) is 12.4 Å². The van der Waals surface area contributed by atoms with E-state index >= 15 is 0 Å². The zero-order valence-corrected chi connectivity index (χ0v) is 9.05. The van der Waals surface area contributed by atoms with Gasteiger partial charge in [0.1, 0.15) is 0 Å². The van der Waals surface area contributed by atoms with E-state index in [1.165, 1.54) is 11.8 Å². The van der Waals surface area contributed by atoms with Crippen molar-refractivity contribution >= 4 is 17.7 Å². The molecule has 0 aromatic heterocycles. The van der Waals surface area contributed by atoms with Gasteiger partial charge in [-0.2, -0.15) is 0 Å². The Morgan fingerprint density at radius 3 is 2.93 bits per heavy atom. The van der Waals surface area contributed by atoms with Crippen molar-refractivity contribution in [1.82, 2.24) is 5.32 Å². The maximum atomic E-state index is 11.1. The van der Waals surface area contributed by atoms with Gasteiger partial charge in [0.2, 0.25) is 5.91 Å². The van der Waals surface area contributed by atoms with E-state index in [4.69, 9.17) is 14.9 Å². The van der Waals surface area contributed by atoms with Crippen molar-refractivity contribution in [2.24, 2.45) is 0 Å². The number of hydrogen-bond acceptors (Lipinski definition) is 5. The second-order valence-corrected chi connectivity index (χ2v) is 3.79. The van der Waals surface area contributed by atoms with Crippen LogP contribution in [0.4, 0.5) is 0 Å². The molecule has 14 heavy (non-hydrogen) atoms. The van der Waals surface area contributed by atoms with Crippen molar-refractivity contribution < 1.29 is 19.7 Å². The Kier molecular flexibility index (Phi) is 9.06. The number of rotatable bonds is 8. The van der Waals surface area contributed by atoms with Crippen LogP contribution in [0.5, 0.6) is 0 Å². The minimum atomic E-state index is -0.872. The molecule has 0 aromatic carbocycles. The highest BCUT2D eigenvalue weighted by molar-refractivity contribution is 7.99. The molecule has 5 nitrogen and oxygen atoms in total. The molecule has 0 saturated heterocycles. The van der Waals surface area contributed by atoms with E-state index in [1.807, 2.05) is 0 Å². The van der Waals surface area contributed by atoms with Crippen LogP contribution in [-0.4, -0.2) is 60.6 Å². The molecule has 1 amide bonds. The largest absolute Gasteiger partial charge is 0.394 e. The molecule has 84 valence electrons. The third-order valence-corrected chi connectivity index (χ3v) is 2.33. The summed E-state index contributed by atoms with van der Waals surface area (Å²) in [5, 5.41) is 19.9. The Bertz CT molecular complexity index is 156. The van der Waals surface area contributed by atoms with Gasteiger partial charge in [0.15, 0.2) is 0 Å². The van der Waals surface area contributed by atoms with Gasteiger partial charge < -0.3 is 20.3 Å². The number of nitrogens with one attached hydrogen (secondary N) is 1. The van der Waals surface area contributed by atoms with Gasteiger partial charge in [0, 0.05) is 19.4 Å². The molecule has 0 radical (unpaired) electrons. The summed E-state index contributed by atoms with van der Waals surface area (Å²) in [5.74, 6) is 0.979. The Hall–Kier alpha value is -0.300. The lowest BCUT2D eigenvalue weighted by atomic mass is 10.4. The van der Waals surface area contributed by atoms with Crippen LogP contribution in [0, 0.1) is 0 Å². The number of hydrogen-bond donors (Lipinski definition) is 3. The highest BCUT2D eigenvalue weighted by Gasteiger charge is 2.05. The Balaban J connectivity index is 3.28. The number of carbonyl (C=O) groups is 1. The fourth-order valence-electron chi connectivity index (χ4n) is 0.654. The molecular weight excluding hydrogens is 206 g/mol. The van der Waals surface area contributed by atoms with Crippen molar-refractivity contribution in [2.45, 2.75) is 6.10 Å². The van der Waals surface area contributed by atoms with Gasteiger partial charge in [-0.1, -0.05) is 0 Å². The minimum Gasteiger partial charge on any atom is -0.394 e. The molecule has 0 rings (SSSR count). The number of carbonyl (C=O) groups excluding carboxylic acids is 1. The van der Waals surface area contributed by atoms with Crippen molar-refractivity contribution in [3.63, 3.8) is 0 Å². The number of ether oxygens (including phenoxy) is 1. The van der Waals surface area contributed by atoms with Gasteiger partial charge in [-0.25, -0.2) is 0 Å². The minimum absolute atomic E-state index is 0.0974. The Morgan fingerprint density at radius 1 is 1.64 bits per heavy atom. The van der Waals surface area contributed by atoms with Crippen molar-refractivity contribution in [1.29, 1.82) is 0 Å². The predicted octanol–water partition coefficient (Wildman–Crippen LogP) is -1.16. The lowest BCUT2D eigenvalue weighted by Crippen LogP contribution is -2.34. The monoisotopic (exact) mass is 223 g/mol. The summed E-state index contributed by atoms with van der Waals surface area (Å²) in [6.07, 6.45) is -0.872. The maximum Gasteiger partial charge on any atom is 0.230 e. The van der Waals surface area contributed by atoms with Crippen molar-refractivity contribution in [3.05, 3.63) is 0 Å². The first-order chi connectivity index (χ1) is 6.70. The molecule has 6 heteroatoms. The SMILES string of the molecule is COCCSCC(=O)NCC(O)CO. The lowest BCUT2D eigenvalue weighted by molar-refractivity contribution is -0.119. The van der Waals surface area contributed by atoms with E-state index in [-0.39, 0.29) is 19.1 Å². The molecule has 0 bridgehead atoms. The summed E-state index contributed by atoms with van der Waals surface area (Å²) in [7, 11) is 1.61. The molecule has 0 aromatic rings. The third kappa shape index (κ3) is 8.31. The molecule has 1 atom stereocenters. The number of amides is 1. The molecule has 0 aliphatic heterocycles. The van der Waals surface area contributed by atoms with Gasteiger partial charge in [-0.3, -0.25) is 4.79 Å². The standard InChI is InChI=1S/C8H17NO4S/c1-13-2-3-14-6-8(12)9-4-7(11)5-10/h7,10-11H,2-6H2,1H3,(H,9,12). The normalized spacial score (nSPS) is 12.5. The average Bonchev–Trinajstić information content (AvgIpc) is 2.21. The van der Waals surface area contributed by atoms with E-state index < -0.39 is 6.10 Å². The molecule has 0 aliphatic carbocycles. The van der Waals surface area contributed by atoms with Crippen LogP contribution in [0.25, 0.3) is 0 Å². The van der Waals surface area contributed by atoms with E-state index in [0.717, 1.165) is 5.75 Å². The van der Waals surface area contributed by atoms with Crippen molar-refractivity contribution in [2.75, 3.05) is 38.4 Å². The molecule has 0 saturated carbocycles. The summed E-state index contributed by atoms with van der Waals surface area (Å²) >= 11 is 1.46. The number of aliphatic hydroxyl groups excluding tert-OH is 2. The van der Waals surface area contributed by atoms with E-state index in [2.05, 4.69) is 5.32 Å². The van der Waals surface area contributed by atoms with Gasteiger partial charge in [0.05, 0.1) is 25.1 Å². The fraction of sp³-hybridized carbons (Fsp3) is 0.875. The summed E-state index contributed by atoms with van der Waals surface area (Å²) in [6.45, 7) is 0.383. The maximum absolute atomic E-state index is 11.1. The molecule has 1 unspecified atom stereocenters. The zero-order valence-electron chi connectivity index (χ0n) is 8.23. The van der Waals surface area contributed by atoms with E-state index in [9.17, 15) is 4.79 Å². The molecule has 0 aliphatic rings. The van der Waals surface area contributed by atoms with Gasteiger partial charge >= 0.3 is 0 Å². The van der Waals surface area contributed by atoms with Gasteiger partial charge in [0.25, 0.3) is 0 Å². The topological polar surface area (TPSA) is 78.8 Å². The predicted molar refractivity (Wildman–Crippen MR) is 55.3 cm³/mol. The molecular formula is C8H17NO4S. The molecule has 0 heterocycles. The molecule has 3 N–H and O–H groups in total. The van der Waals surface area contributed by atoms with Crippen LogP contribution in [0.3, 0.4) is 0 Å². The molecule has 0 spiro atoms. The quantitative estimate of drug-likeness (QED) is 0.452. The second-order valence-electron chi connectivity index (χ2n) is 2.69. The lowest BCUT2D eigenvalue weighted by Gasteiger charge is -2.08. The zero-order chi connectivity index (χ0) is 10.8. The Labute approximate surface area is 87.8 Å². The average molecular weight is 223 g/mol. The first-order valence-corrected chi connectivity index (χ1v) is 5.48. The summed E-state index contributed by atoms with van der Waals surface area (Å²) in [6, 6.07) is 0. The summed E-state index contributed by atoms with van der Waals surface area (Å²) in [4.78, 5) is 11.1. The van der Waals surface area contributed by atoms with Gasteiger partial charge in [-0.15, -0.1) is 11.8 Å². The highest BCUT2D eigenvalue weighted by Crippen LogP contribution is 1.98. The van der Waals surface area contributed by atoms with Crippen LogP contribution in [0.1, 0.15) is 0 Å². The van der Waals surface area contributed by atoms with E-state index in [1.54, 1.807) is 7.11 Å². The number of aliphatic hydroxyl groups is 2. The van der Waals surface area contributed by atoms with Crippen LogP contribution in [-0.2, 0) is 9.53 Å².